The number of hydrogen-bond acceptors (Lipinski definition) is 4. The first-order valence-electron chi connectivity index (χ1n) is 7.55. The van der Waals surface area contributed by atoms with Crippen LogP contribution in [0.1, 0.15) is 20.3 Å². The molecule has 0 aliphatic rings. The second kappa shape index (κ2) is 7.69. The topological polar surface area (TPSA) is 87.1 Å². The molecule has 0 bridgehead atoms. The zero-order chi connectivity index (χ0) is 16.7. The Morgan fingerprint density at radius 3 is 2.48 bits per heavy atom. The average Bonchev–Trinajstić information content (AvgIpc) is 2.55. The van der Waals surface area contributed by atoms with Crippen molar-refractivity contribution in [2.45, 2.75) is 20.3 Å². The van der Waals surface area contributed by atoms with E-state index < -0.39 is 0 Å². The number of aliphatic hydroxyl groups is 1. The summed E-state index contributed by atoms with van der Waals surface area (Å²) in [5.74, 6) is 0.391. The quantitative estimate of drug-likeness (QED) is 0.765. The van der Waals surface area contributed by atoms with E-state index in [4.69, 9.17) is 5.11 Å². The molecule has 2 aromatic rings. The molecule has 6 nitrogen and oxygen atoms in total. The second-order valence-electron chi connectivity index (χ2n) is 6.12. The minimum atomic E-state index is -0.335. The molecule has 0 spiro atoms. The van der Waals surface area contributed by atoms with E-state index in [1.54, 1.807) is 6.07 Å². The van der Waals surface area contributed by atoms with Gasteiger partial charge in [-0.25, -0.2) is 4.79 Å². The van der Waals surface area contributed by atoms with Crippen molar-refractivity contribution in [3.8, 4) is 11.3 Å². The minimum Gasteiger partial charge on any atom is -0.396 e. The molecule has 0 atom stereocenters. The Morgan fingerprint density at radius 1 is 1.13 bits per heavy atom. The molecule has 122 valence electrons. The van der Waals surface area contributed by atoms with Gasteiger partial charge in [-0.2, -0.15) is 0 Å². The highest BCUT2D eigenvalue weighted by atomic mass is 16.3. The van der Waals surface area contributed by atoms with E-state index in [1.165, 1.54) is 0 Å². The van der Waals surface area contributed by atoms with Gasteiger partial charge in [0.2, 0.25) is 0 Å². The molecule has 3 N–H and O–H groups in total. The third kappa shape index (κ3) is 5.34. The van der Waals surface area contributed by atoms with Gasteiger partial charge in [-0.3, -0.25) is 5.32 Å². The molecule has 2 amide bonds. The second-order valence-corrected chi connectivity index (χ2v) is 6.12. The number of benzene rings is 1. The molecule has 1 aromatic carbocycles. The largest absolute Gasteiger partial charge is 0.396 e. The summed E-state index contributed by atoms with van der Waals surface area (Å²) in [4.78, 5) is 11.9. The van der Waals surface area contributed by atoms with E-state index in [0.29, 0.717) is 18.8 Å². The highest BCUT2D eigenvalue weighted by Gasteiger charge is 2.18. The lowest BCUT2D eigenvalue weighted by molar-refractivity contribution is 0.204. The van der Waals surface area contributed by atoms with E-state index in [1.807, 2.05) is 50.2 Å². The molecule has 0 fully saturated rings. The number of urea groups is 1. The van der Waals surface area contributed by atoms with Crippen LogP contribution in [0.2, 0.25) is 0 Å². The molecule has 6 heteroatoms. The molecule has 0 radical (unpaired) electrons. The van der Waals surface area contributed by atoms with Crippen molar-refractivity contribution in [1.29, 1.82) is 0 Å². The van der Waals surface area contributed by atoms with Crippen LogP contribution in [0, 0.1) is 5.41 Å². The zero-order valence-electron chi connectivity index (χ0n) is 13.4. The number of nitrogens with zero attached hydrogens (tertiary/aromatic N) is 2. The molecule has 2 rings (SSSR count). The molecule has 23 heavy (non-hydrogen) atoms. The van der Waals surface area contributed by atoms with Crippen molar-refractivity contribution in [2.24, 2.45) is 5.41 Å². The highest BCUT2D eigenvalue weighted by Crippen LogP contribution is 2.18. The SMILES string of the molecule is CC(C)(CCO)CNC(=O)Nc1ccc(-c2ccccc2)nn1. The summed E-state index contributed by atoms with van der Waals surface area (Å²) in [6.07, 6.45) is 0.624. The first kappa shape index (κ1) is 16.9. The summed E-state index contributed by atoms with van der Waals surface area (Å²) in [6, 6.07) is 12.9. The smallest absolute Gasteiger partial charge is 0.320 e. The van der Waals surface area contributed by atoms with Gasteiger partial charge in [0.05, 0.1) is 5.69 Å². The molecule has 0 unspecified atom stereocenters. The van der Waals surface area contributed by atoms with Crippen LogP contribution in [0.4, 0.5) is 10.6 Å². The van der Waals surface area contributed by atoms with Crippen LogP contribution < -0.4 is 10.6 Å². The van der Waals surface area contributed by atoms with Gasteiger partial charge in [0.1, 0.15) is 0 Å². The van der Waals surface area contributed by atoms with Crippen LogP contribution >= 0.6 is 0 Å². The van der Waals surface area contributed by atoms with E-state index in [-0.39, 0.29) is 18.1 Å². The summed E-state index contributed by atoms with van der Waals surface area (Å²) in [7, 11) is 0. The first-order valence-corrected chi connectivity index (χ1v) is 7.55. The van der Waals surface area contributed by atoms with Crippen LogP contribution in [-0.2, 0) is 0 Å². The predicted octanol–water partition coefficient (Wildman–Crippen LogP) is 2.67. The molecule has 1 aromatic heterocycles. The predicted molar refractivity (Wildman–Crippen MR) is 90.0 cm³/mol. The standard InChI is InChI=1S/C17H22N4O2/c1-17(2,10-11-22)12-18-16(23)19-15-9-8-14(20-21-15)13-6-4-3-5-7-13/h3-9,22H,10-12H2,1-2H3,(H2,18,19,21,23). The number of amides is 2. The molecule has 1 heterocycles. The van der Waals surface area contributed by atoms with Gasteiger partial charge in [-0.05, 0) is 24.0 Å². The van der Waals surface area contributed by atoms with Crippen LogP contribution in [0.25, 0.3) is 11.3 Å². The summed E-state index contributed by atoms with van der Waals surface area (Å²) >= 11 is 0. The van der Waals surface area contributed by atoms with Gasteiger partial charge in [0, 0.05) is 18.7 Å². The Balaban J connectivity index is 1.90. The maximum atomic E-state index is 11.9. The maximum absolute atomic E-state index is 11.9. The fraction of sp³-hybridized carbons (Fsp3) is 0.353. The van der Waals surface area contributed by atoms with Crippen molar-refractivity contribution < 1.29 is 9.90 Å². The zero-order valence-corrected chi connectivity index (χ0v) is 13.4. The van der Waals surface area contributed by atoms with Gasteiger partial charge < -0.3 is 10.4 Å². The fourth-order valence-electron chi connectivity index (χ4n) is 2.03. The van der Waals surface area contributed by atoms with Gasteiger partial charge in [0.15, 0.2) is 5.82 Å². The van der Waals surface area contributed by atoms with E-state index in [0.717, 1.165) is 11.3 Å². The summed E-state index contributed by atoms with van der Waals surface area (Å²) in [6.45, 7) is 4.54. The van der Waals surface area contributed by atoms with Crippen LogP contribution in [-0.4, -0.2) is 34.5 Å². The van der Waals surface area contributed by atoms with Gasteiger partial charge in [-0.1, -0.05) is 44.2 Å². The lowest BCUT2D eigenvalue weighted by Gasteiger charge is -2.23. The first-order chi connectivity index (χ1) is 11.0. The molecule has 0 aliphatic heterocycles. The molecule has 0 saturated carbocycles. The number of rotatable bonds is 6. The number of aliphatic hydroxyl groups excluding tert-OH is 1. The Bertz CT molecular complexity index is 627. The Kier molecular flexibility index (Phi) is 5.65. The van der Waals surface area contributed by atoms with Crippen molar-refractivity contribution >= 4 is 11.8 Å². The molecule has 0 aliphatic carbocycles. The van der Waals surface area contributed by atoms with Gasteiger partial charge in [0.25, 0.3) is 0 Å². The van der Waals surface area contributed by atoms with E-state index >= 15 is 0 Å². The lowest BCUT2D eigenvalue weighted by Crippen LogP contribution is -2.37. The molecule has 0 saturated heterocycles. The lowest BCUT2D eigenvalue weighted by atomic mass is 9.90. The van der Waals surface area contributed by atoms with Crippen LogP contribution in [0.15, 0.2) is 42.5 Å². The summed E-state index contributed by atoms with van der Waals surface area (Å²) < 4.78 is 0. The van der Waals surface area contributed by atoms with Gasteiger partial charge >= 0.3 is 6.03 Å². The summed E-state index contributed by atoms with van der Waals surface area (Å²) in [5.41, 5.74) is 1.57. The van der Waals surface area contributed by atoms with Crippen LogP contribution in [0.5, 0.6) is 0 Å². The number of hydrogen-bond donors (Lipinski definition) is 3. The number of carbonyl (C=O) groups excluding carboxylic acids is 1. The third-order valence-corrected chi connectivity index (χ3v) is 3.49. The van der Waals surface area contributed by atoms with Gasteiger partial charge in [-0.15, -0.1) is 10.2 Å². The Hall–Kier alpha value is -2.47. The fourth-order valence-corrected chi connectivity index (χ4v) is 2.03. The van der Waals surface area contributed by atoms with Crippen molar-refractivity contribution in [3.63, 3.8) is 0 Å². The van der Waals surface area contributed by atoms with Crippen LogP contribution in [0.3, 0.4) is 0 Å². The maximum Gasteiger partial charge on any atom is 0.320 e. The minimum absolute atomic E-state index is 0.0999. The molecular weight excluding hydrogens is 292 g/mol. The third-order valence-electron chi connectivity index (χ3n) is 3.49. The van der Waals surface area contributed by atoms with Crippen molar-refractivity contribution in [2.75, 3.05) is 18.5 Å². The van der Waals surface area contributed by atoms with E-state index in [9.17, 15) is 4.79 Å². The number of aromatic nitrogens is 2. The Labute approximate surface area is 136 Å². The average molecular weight is 314 g/mol. The highest BCUT2D eigenvalue weighted by molar-refractivity contribution is 5.88. The van der Waals surface area contributed by atoms with Crippen molar-refractivity contribution in [1.82, 2.24) is 15.5 Å². The van der Waals surface area contributed by atoms with Crippen molar-refractivity contribution in [3.05, 3.63) is 42.5 Å². The normalized spacial score (nSPS) is 11.1. The summed E-state index contributed by atoms with van der Waals surface area (Å²) in [5, 5.41) is 22.5. The molecular formula is C17H22N4O2. The van der Waals surface area contributed by atoms with E-state index in [2.05, 4.69) is 20.8 Å². The number of nitrogens with one attached hydrogen (secondary N) is 2. The number of anilines is 1. The number of carbonyl (C=O) groups is 1. The Morgan fingerprint density at radius 2 is 1.87 bits per heavy atom. The monoisotopic (exact) mass is 314 g/mol.